The Morgan fingerprint density at radius 3 is 2.50 bits per heavy atom. The van der Waals surface area contributed by atoms with Gasteiger partial charge in [0.1, 0.15) is 5.69 Å². The van der Waals surface area contributed by atoms with E-state index in [2.05, 4.69) is 15.6 Å². The second-order valence-electron chi connectivity index (χ2n) is 9.49. The molecule has 1 aromatic heterocycles. The highest BCUT2D eigenvalue weighted by Crippen LogP contribution is 2.30. The van der Waals surface area contributed by atoms with Gasteiger partial charge in [-0.3, -0.25) is 4.79 Å². The number of fused-ring (bicyclic) bond motifs is 1. The normalized spacial score (nSPS) is 24.0. The number of halogens is 3. The number of hydrogen-bond donors (Lipinski definition) is 3. The molecule has 8 heteroatoms. The number of aryl methyl sites for hydroxylation is 1. The fourth-order valence-corrected chi connectivity index (χ4v) is 4.05. The van der Waals surface area contributed by atoms with Crippen molar-refractivity contribution in [2.24, 2.45) is 11.3 Å². The van der Waals surface area contributed by atoms with Crippen LogP contribution in [0.1, 0.15) is 56.1 Å². The number of nitrogens with one attached hydrogen (secondary N) is 2. The lowest BCUT2D eigenvalue weighted by Gasteiger charge is -2.31. The van der Waals surface area contributed by atoms with Crippen LogP contribution in [0.25, 0.3) is 11.6 Å². The highest BCUT2D eigenvalue weighted by Gasteiger charge is 2.31. The van der Waals surface area contributed by atoms with Crippen molar-refractivity contribution in [3.8, 4) is 0 Å². The van der Waals surface area contributed by atoms with Crippen LogP contribution in [0.3, 0.4) is 0 Å². The summed E-state index contributed by atoms with van der Waals surface area (Å²) in [5, 5.41) is 16.3. The molecular formula is C22H30F3N3O2. The van der Waals surface area contributed by atoms with E-state index in [0.717, 1.165) is 16.4 Å². The third-order valence-corrected chi connectivity index (χ3v) is 5.81. The summed E-state index contributed by atoms with van der Waals surface area (Å²) in [4.78, 5) is 17.3. The van der Waals surface area contributed by atoms with E-state index in [0.29, 0.717) is 36.9 Å². The molecule has 2 aliphatic rings. The number of amides is 1. The third kappa shape index (κ3) is 5.40. The number of aliphatic hydroxyl groups excluding tert-OH is 1. The Balaban J connectivity index is 1.91. The molecule has 30 heavy (non-hydrogen) atoms. The first-order valence-electron chi connectivity index (χ1n) is 10.3. The maximum atomic E-state index is 12.7. The van der Waals surface area contributed by atoms with Gasteiger partial charge in [-0.25, -0.2) is 4.98 Å². The lowest BCUT2D eigenvalue weighted by atomic mass is 9.79. The van der Waals surface area contributed by atoms with E-state index in [1.54, 1.807) is 12.1 Å². The Morgan fingerprint density at radius 2 is 1.93 bits per heavy atom. The van der Waals surface area contributed by atoms with E-state index in [9.17, 15) is 23.1 Å². The second kappa shape index (κ2) is 8.30. The van der Waals surface area contributed by atoms with Crippen LogP contribution in [0.4, 0.5) is 13.2 Å². The molecule has 0 spiro atoms. The first kappa shape index (κ1) is 22.7. The smallest absolute Gasteiger partial charge is 0.393 e. The molecule has 5 nitrogen and oxygen atoms in total. The Labute approximate surface area is 174 Å². The molecule has 0 saturated heterocycles. The Kier molecular flexibility index (Phi) is 6.30. The molecule has 3 rings (SSSR count). The zero-order chi connectivity index (χ0) is 22.3. The minimum Gasteiger partial charge on any atom is -0.393 e. The summed E-state index contributed by atoms with van der Waals surface area (Å²) in [6.07, 6.45) is -0.961. The number of pyridine rings is 1. The number of rotatable bonds is 5. The monoisotopic (exact) mass is 425 g/mol. The number of aromatic nitrogens is 1. The number of alkyl halides is 3. The maximum Gasteiger partial charge on any atom is 0.401 e. The largest absolute Gasteiger partial charge is 0.401 e. The minimum atomic E-state index is -4.28. The predicted octanol–water partition coefficient (Wildman–Crippen LogP) is 1.79. The molecule has 0 aliphatic heterocycles. The zero-order valence-electron chi connectivity index (χ0n) is 17.9. The summed E-state index contributed by atoms with van der Waals surface area (Å²) >= 11 is 0. The SMILES string of the molecule is Cc1cc(C(=O)NCC2CC(O)C2)nc2c1=CC(NCC(F)(F)F)CC=2C(C)(C)C. The van der Waals surface area contributed by atoms with Crippen molar-refractivity contribution < 1.29 is 23.1 Å². The van der Waals surface area contributed by atoms with Gasteiger partial charge < -0.3 is 15.7 Å². The lowest BCUT2D eigenvalue weighted by Crippen LogP contribution is -2.47. The van der Waals surface area contributed by atoms with Crippen molar-refractivity contribution in [3.05, 3.63) is 27.9 Å². The van der Waals surface area contributed by atoms with Crippen LogP contribution in [0.2, 0.25) is 0 Å². The summed E-state index contributed by atoms with van der Waals surface area (Å²) in [5.74, 6) is 0.0149. The van der Waals surface area contributed by atoms with Crippen LogP contribution in [0, 0.1) is 18.3 Å². The topological polar surface area (TPSA) is 74.2 Å². The fraction of sp³-hybridized carbons (Fsp3) is 0.636. The standard InChI is InChI=1S/C22H30F3N3O2/c1-12-5-18(20(30)26-10-13-6-15(29)7-13)28-19-16(12)8-14(27-11-22(23,24)25)9-17(19)21(2,3)4/h5,8,13-15,27,29H,6-7,9-11H2,1-4H3,(H,26,30). The van der Waals surface area contributed by atoms with Gasteiger partial charge in [0.2, 0.25) is 0 Å². The van der Waals surface area contributed by atoms with E-state index >= 15 is 0 Å². The third-order valence-electron chi connectivity index (χ3n) is 5.81. The zero-order valence-corrected chi connectivity index (χ0v) is 17.9. The first-order valence-corrected chi connectivity index (χ1v) is 10.3. The van der Waals surface area contributed by atoms with Gasteiger partial charge in [-0.15, -0.1) is 0 Å². The molecule has 1 fully saturated rings. The van der Waals surface area contributed by atoms with Crippen molar-refractivity contribution in [1.82, 2.24) is 15.6 Å². The summed E-state index contributed by atoms with van der Waals surface area (Å²) in [6.45, 7) is 7.31. The summed E-state index contributed by atoms with van der Waals surface area (Å²) in [6, 6.07) is 1.24. The number of aliphatic hydroxyl groups is 1. The molecule has 0 radical (unpaired) electrons. The van der Waals surface area contributed by atoms with E-state index < -0.39 is 18.8 Å². The van der Waals surface area contributed by atoms with Crippen LogP contribution in [0.5, 0.6) is 0 Å². The highest BCUT2D eigenvalue weighted by molar-refractivity contribution is 5.92. The fourth-order valence-electron chi connectivity index (χ4n) is 4.05. The number of hydrogen-bond acceptors (Lipinski definition) is 4. The Bertz CT molecular complexity index is 929. The van der Waals surface area contributed by atoms with Gasteiger partial charge >= 0.3 is 6.18 Å². The molecule has 1 saturated carbocycles. The Morgan fingerprint density at radius 1 is 1.27 bits per heavy atom. The van der Waals surface area contributed by atoms with Crippen LogP contribution >= 0.6 is 0 Å². The molecule has 3 N–H and O–H groups in total. The van der Waals surface area contributed by atoms with Gasteiger partial charge in [0.25, 0.3) is 5.91 Å². The first-order chi connectivity index (χ1) is 13.8. The molecule has 0 aromatic carbocycles. The minimum absolute atomic E-state index is 0.269. The second-order valence-corrected chi connectivity index (χ2v) is 9.49. The van der Waals surface area contributed by atoms with Crippen LogP contribution < -0.4 is 21.2 Å². The van der Waals surface area contributed by atoms with Gasteiger partial charge in [-0.2, -0.15) is 13.2 Å². The van der Waals surface area contributed by atoms with E-state index in [1.165, 1.54) is 0 Å². The summed E-state index contributed by atoms with van der Waals surface area (Å²) in [5.41, 5.74) is 1.74. The quantitative estimate of drug-likeness (QED) is 0.673. The molecular weight excluding hydrogens is 395 g/mol. The van der Waals surface area contributed by atoms with Gasteiger partial charge in [-0.05, 0) is 54.7 Å². The van der Waals surface area contributed by atoms with Gasteiger partial charge in [0, 0.05) is 17.8 Å². The van der Waals surface area contributed by atoms with Crippen molar-refractivity contribution in [2.75, 3.05) is 13.1 Å². The van der Waals surface area contributed by atoms with Crippen LogP contribution in [-0.2, 0) is 0 Å². The lowest BCUT2D eigenvalue weighted by molar-refractivity contribution is -0.125. The highest BCUT2D eigenvalue weighted by atomic mass is 19.4. The molecule has 1 aromatic rings. The van der Waals surface area contributed by atoms with E-state index in [4.69, 9.17) is 0 Å². The van der Waals surface area contributed by atoms with Gasteiger partial charge in [-0.1, -0.05) is 26.8 Å². The molecule has 1 heterocycles. The van der Waals surface area contributed by atoms with Crippen molar-refractivity contribution in [3.63, 3.8) is 0 Å². The van der Waals surface area contributed by atoms with Gasteiger partial charge in [0.05, 0.1) is 18.0 Å². The molecule has 0 bridgehead atoms. The summed E-state index contributed by atoms with van der Waals surface area (Å²) < 4.78 is 38.1. The molecule has 166 valence electrons. The van der Waals surface area contributed by atoms with Gasteiger partial charge in [0.15, 0.2) is 0 Å². The Hall–Kier alpha value is -1.93. The number of carbonyl (C=O) groups is 1. The maximum absolute atomic E-state index is 12.7. The number of nitrogens with zero attached hydrogens (tertiary/aromatic N) is 1. The number of carbonyl (C=O) groups excluding carboxylic acids is 1. The van der Waals surface area contributed by atoms with Crippen molar-refractivity contribution in [1.29, 1.82) is 0 Å². The van der Waals surface area contributed by atoms with Crippen LogP contribution in [-0.4, -0.2) is 47.4 Å². The molecule has 2 aliphatic carbocycles. The summed E-state index contributed by atoms with van der Waals surface area (Å²) in [7, 11) is 0. The average molecular weight is 425 g/mol. The van der Waals surface area contributed by atoms with E-state index in [1.807, 2.05) is 27.7 Å². The van der Waals surface area contributed by atoms with E-state index in [-0.39, 0.29) is 23.3 Å². The average Bonchev–Trinajstić information content (AvgIpc) is 2.60. The molecule has 1 atom stereocenters. The van der Waals surface area contributed by atoms with Crippen molar-refractivity contribution >= 4 is 17.6 Å². The molecule has 1 amide bonds. The van der Waals surface area contributed by atoms with Crippen LogP contribution in [0.15, 0.2) is 6.07 Å². The van der Waals surface area contributed by atoms with Crippen molar-refractivity contribution in [2.45, 2.75) is 65.3 Å². The molecule has 1 unspecified atom stereocenters. The predicted molar refractivity (Wildman–Crippen MR) is 109 cm³/mol.